The van der Waals surface area contributed by atoms with Crippen molar-refractivity contribution in [2.75, 3.05) is 12.4 Å². The molecule has 1 heterocycles. The highest BCUT2D eigenvalue weighted by Crippen LogP contribution is 2.29. The molecule has 2 rings (SSSR count). The summed E-state index contributed by atoms with van der Waals surface area (Å²) in [6, 6.07) is 3.94. The molecule has 1 aliphatic heterocycles. The van der Waals surface area contributed by atoms with Crippen molar-refractivity contribution in [3.8, 4) is 5.75 Å². The van der Waals surface area contributed by atoms with Gasteiger partial charge in [-0.3, -0.25) is 4.79 Å². The number of thioether (sulfide) groups is 1. The van der Waals surface area contributed by atoms with Crippen LogP contribution in [0.15, 0.2) is 26.8 Å². The molecule has 1 fully saturated rings. The van der Waals surface area contributed by atoms with E-state index in [-0.39, 0.29) is 5.91 Å². The van der Waals surface area contributed by atoms with Gasteiger partial charge < -0.3 is 10.1 Å². The zero-order chi connectivity index (χ0) is 15.9. The van der Waals surface area contributed by atoms with Crippen LogP contribution in [0.5, 0.6) is 5.75 Å². The fraction of sp³-hybridized carbons (Fsp3) is 0.357. The molecule has 0 bridgehead atoms. The summed E-state index contributed by atoms with van der Waals surface area (Å²) in [5.41, 5.74) is 0.855. The Morgan fingerprint density at radius 2 is 2.36 bits per heavy atom. The van der Waals surface area contributed by atoms with E-state index in [2.05, 4.69) is 61.0 Å². The lowest BCUT2D eigenvalue weighted by atomic mass is 10.2. The minimum atomic E-state index is -0.0421. The molecule has 1 aromatic rings. The fourth-order valence-corrected chi connectivity index (χ4v) is 4.01. The highest BCUT2D eigenvalue weighted by molar-refractivity contribution is 14.1. The monoisotopic (exact) mass is 495 g/mol. The van der Waals surface area contributed by atoms with E-state index in [1.54, 1.807) is 6.21 Å². The molecule has 1 saturated heterocycles. The Kier molecular flexibility index (Phi) is 7.16. The first-order chi connectivity index (χ1) is 10.6. The predicted molar refractivity (Wildman–Crippen MR) is 103 cm³/mol. The molecule has 1 aliphatic rings. The molecule has 118 valence electrons. The van der Waals surface area contributed by atoms with Gasteiger partial charge in [0.1, 0.15) is 5.75 Å². The number of carbonyl (C=O) groups is 1. The number of hydrogen-bond donors (Lipinski definition) is 1. The lowest BCUT2D eigenvalue weighted by Gasteiger charge is -2.11. The summed E-state index contributed by atoms with van der Waals surface area (Å²) < 4.78 is 7.83. The molecular weight excluding hydrogens is 481 g/mol. The smallest absolute Gasteiger partial charge is 0.236 e. The van der Waals surface area contributed by atoms with Crippen LogP contribution in [0.3, 0.4) is 0 Å². The van der Waals surface area contributed by atoms with Gasteiger partial charge >= 0.3 is 0 Å². The number of unbranched alkanes of at least 4 members (excludes halogenated alkanes) is 1. The third-order valence-corrected chi connectivity index (χ3v) is 4.84. The van der Waals surface area contributed by atoms with Crippen LogP contribution in [0.4, 0.5) is 0 Å². The van der Waals surface area contributed by atoms with Gasteiger partial charge in [-0.15, -0.1) is 5.10 Å². The number of benzene rings is 1. The molecule has 1 aromatic carbocycles. The second kappa shape index (κ2) is 8.88. The zero-order valence-electron chi connectivity index (χ0n) is 11.9. The van der Waals surface area contributed by atoms with E-state index in [1.165, 1.54) is 11.8 Å². The van der Waals surface area contributed by atoms with Crippen LogP contribution in [0.1, 0.15) is 25.3 Å². The second-order valence-corrected chi connectivity index (χ2v) is 7.54. The zero-order valence-corrected chi connectivity index (χ0v) is 16.5. The maximum absolute atomic E-state index is 11.1. The Labute approximate surface area is 155 Å². The van der Waals surface area contributed by atoms with E-state index in [0.717, 1.165) is 32.2 Å². The first-order valence-electron chi connectivity index (χ1n) is 6.75. The summed E-state index contributed by atoms with van der Waals surface area (Å²) >= 11 is 7.06. The van der Waals surface area contributed by atoms with Crippen LogP contribution >= 0.6 is 50.3 Å². The summed E-state index contributed by atoms with van der Waals surface area (Å²) in [6.07, 6.45) is 3.74. The number of ether oxygens (including phenoxy) is 1. The minimum absolute atomic E-state index is 0.0421. The van der Waals surface area contributed by atoms with E-state index >= 15 is 0 Å². The Hall–Kier alpha value is -0.610. The van der Waals surface area contributed by atoms with Crippen molar-refractivity contribution in [1.82, 2.24) is 5.32 Å². The van der Waals surface area contributed by atoms with Crippen molar-refractivity contribution >= 4 is 67.6 Å². The third-order valence-electron chi connectivity index (χ3n) is 2.71. The molecule has 1 N–H and O–H groups in total. The molecule has 0 atom stereocenters. The molecule has 0 saturated carbocycles. The maximum Gasteiger partial charge on any atom is 0.236 e. The van der Waals surface area contributed by atoms with E-state index in [1.807, 2.05) is 12.1 Å². The summed E-state index contributed by atoms with van der Waals surface area (Å²) in [6.45, 7) is 2.80. The minimum Gasteiger partial charge on any atom is -0.492 e. The topological polar surface area (TPSA) is 63.1 Å². The number of amidine groups is 1. The van der Waals surface area contributed by atoms with Crippen molar-refractivity contribution in [2.24, 2.45) is 10.2 Å². The number of amides is 1. The van der Waals surface area contributed by atoms with E-state index in [4.69, 9.17) is 4.74 Å². The highest BCUT2D eigenvalue weighted by Gasteiger charge is 2.16. The fourth-order valence-electron chi connectivity index (χ4n) is 1.67. The standard InChI is InChI=1S/C14H15BrIN3O2S/c1-2-3-4-21-13-9(5-10(15)6-11(13)16)7-17-19-14-18-12(20)8-22-14/h5-7H,2-4,8H2,1H3,(H,18,19,20). The summed E-state index contributed by atoms with van der Waals surface area (Å²) in [5.74, 6) is 1.16. The highest BCUT2D eigenvalue weighted by atomic mass is 127. The summed E-state index contributed by atoms with van der Waals surface area (Å²) in [4.78, 5) is 11.1. The number of halogens is 2. The van der Waals surface area contributed by atoms with Crippen LogP contribution in [-0.4, -0.2) is 29.6 Å². The maximum atomic E-state index is 11.1. The average Bonchev–Trinajstić information content (AvgIpc) is 2.87. The molecule has 0 aliphatic carbocycles. The van der Waals surface area contributed by atoms with Crippen LogP contribution in [0, 0.1) is 3.57 Å². The number of carbonyl (C=O) groups excluding carboxylic acids is 1. The van der Waals surface area contributed by atoms with Gasteiger partial charge in [0.2, 0.25) is 5.91 Å². The van der Waals surface area contributed by atoms with Crippen LogP contribution in [-0.2, 0) is 4.79 Å². The molecule has 0 aromatic heterocycles. The van der Waals surface area contributed by atoms with Crippen molar-refractivity contribution in [1.29, 1.82) is 0 Å². The largest absolute Gasteiger partial charge is 0.492 e. The van der Waals surface area contributed by atoms with E-state index < -0.39 is 0 Å². The van der Waals surface area contributed by atoms with Gasteiger partial charge in [-0.1, -0.05) is 41.0 Å². The van der Waals surface area contributed by atoms with Crippen LogP contribution < -0.4 is 10.1 Å². The number of hydrogen-bond acceptors (Lipinski definition) is 5. The van der Waals surface area contributed by atoms with Crippen molar-refractivity contribution in [2.45, 2.75) is 19.8 Å². The second-order valence-electron chi connectivity index (χ2n) is 4.49. The Morgan fingerprint density at radius 3 is 3.05 bits per heavy atom. The number of rotatable bonds is 6. The molecule has 8 heteroatoms. The first-order valence-corrected chi connectivity index (χ1v) is 9.61. The van der Waals surface area contributed by atoms with Gasteiger partial charge in [-0.05, 0) is 41.1 Å². The molecule has 1 amide bonds. The number of nitrogens with zero attached hydrogens (tertiary/aromatic N) is 2. The quantitative estimate of drug-likeness (QED) is 0.282. The molecule has 0 radical (unpaired) electrons. The average molecular weight is 496 g/mol. The number of nitrogens with one attached hydrogen (secondary N) is 1. The van der Waals surface area contributed by atoms with Gasteiger partial charge in [0.05, 0.1) is 22.1 Å². The van der Waals surface area contributed by atoms with Crippen molar-refractivity contribution in [3.63, 3.8) is 0 Å². The van der Waals surface area contributed by atoms with Gasteiger partial charge in [0, 0.05) is 10.0 Å². The Balaban J connectivity index is 2.15. The molecular formula is C14H15BrIN3O2S. The van der Waals surface area contributed by atoms with Crippen molar-refractivity contribution < 1.29 is 9.53 Å². The van der Waals surface area contributed by atoms with Gasteiger partial charge in [-0.25, -0.2) is 0 Å². The van der Waals surface area contributed by atoms with Crippen LogP contribution in [0.2, 0.25) is 0 Å². The van der Waals surface area contributed by atoms with E-state index in [0.29, 0.717) is 17.5 Å². The molecule has 5 nitrogen and oxygen atoms in total. The predicted octanol–water partition coefficient (Wildman–Crippen LogP) is 3.79. The third kappa shape index (κ3) is 5.24. The SMILES string of the molecule is CCCCOc1c(I)cc(Br)cc1C=NN=C1NC(=O)CS1. The molecule has 0 spiro atoms. The van der Waals surface area contributed by atoms with E-state index in [9.17, 15) is 4.79 Å². The van der Waals surface area contributed by atoms with Gasteiger partial charge in [-0.2, -0.15) is 5.10 Å². The van der Waals surface area contributed by atoms with Crippen molar-refractivity contribution in [3.05, 3.63) is 25.7 Å². The summed E-state index contributed by atoms with van der Waals surface area (Å²) in [7, 11) is 0. The Morgan fingerprint density at radius 1 is 1.55 bits per heavy atom. The van der Waals surface area contributed by atoms with Crippen LogP contribution in [0.25, 0.3) is 0 Å². The normalized spacial score (nSPS) is 16.5. The first kappa shape index (κ1) is 17.7. The lowest BCUT2D eigenvalue weighted by molar-refractivity contribution is -0.116. The Bertz CT molecular complexity index is 622. The lowest BCUT2D eigenvalue weighted by Crippen LogP contribution is -2.19. The van der Waals surface area contributed by atoms with Gasteiger partial charge in [0.15, 0.2) is 5.17 Å². The summed E-state index contributed by atoms with van der Waals surface area (Å²) in [5, 5.41) is 11.2. The molecule has 0 unspecified atom stereocenters. The molecule has 22 heavy (non-hydrogen) atoms. The van der Waals surface area contributed by atoms with Gasteiger partial charge in [0.25, 0.3) is 0 Å².